The number of rotatable bonds is 10. The molecule has 0 aromatic heterocycles. The molecule has 0 spiro atoms. The molecule has 0 aliphatic heterocycles. The summed E-state index contributed by atoms with van der Waals surface area (Å²) < 4.78 is 40.2. The van der Waals surface area contributed by atoms with E-state index in [1.165, 1.54) is 82.6 Å². The molecular weight excluding hydrogens is 381 g/mol. The van der Waals surface area contributed by atoms with Gasteiger partial charge >= 0.3 is 0 Å². The molecule has 0 heterocycles. The lowest BCUT2D eigenvalue weighted by atomic mass is 9.77. The van der Waals surface area contributed by atoms with E-state index in [9.17, 15) is 13.2 Å². The third-order valence-corrected chi connectivity index (χ3v) is 6.76. The first-order chi connectivity index (χ1) is 14.6. The zero-order chi connectivity index (χ0) is 21.3. The number of halogens is 3. The van der Waals surface area contributed by atoms with Crippen molar-refractivity contribution in [2.45, 2.75) is 89.9 Å². The molecule has 1 fully saturated rings. The lowest BCUT2D eigenvalue weighted by Gasteiger charge is -2.29. The molecule has 0 unspecified atom stereocenters. The Labute approximate surface area is 179 Å². The lowest BCUT2D eigenvalue weighted by Crippen LogP contribution is -2.13. The molecule has 0 saturated heterocycles. The molecule has 3 heteroatoms. The Hall–Kier alpha value is -1.77. The Kier molecular flexibility index (Phi) is 8.84. The van der Waals surface area contributed by atoms with E-state index in [1.807, 2.05) is 12.1 Å². The van der Waals surface area contributed by atoms with Gasteiger partial charge in [-0.1, -0.05) is 82.6 Å². The molecule has 0 radical (unpaired) electrons. The van der Waals surface area contributed by atoms with Crippen LogP contribution < -0.4 is 0 Å². The first-order valence-electron chi connectivity index (χ1n) is 11.8. The van der Waals surface area contributed by atoms with E-state index >= 15 is 0 Å². The van der Waals surface area contributed by atoms with Crippen molar-refractivity contribution in [2.75, 3.05) is 0 Å². The fourth-order valence-corrected chi connectivity index (χ4v) is 4.84. The Bertz CT molecular complexity index is 750. The standard InChI is InChI=1S/C27H35F3/c1-2-3-4-5-6-7-8-9-20-10-12-21(13-11-20)22-14-16-23(17-15-22)24-18-25(28)27(30)26(29)19-24/h14-21H,2-13H2,1H3. The van der Waals surface area contributed by atoms with E-state index in [-0.39, 0.29) is 0 Å². The minimum Gasteiger partial charge on any atom is -0.204 e. The van der Waals surface area contributed by atoms with E-state index in [1.54, 1.807) is 0 Å². The van der Waals surface area contributed by atoms with Gasteiger partial charge in [0.25, 0.3) is 0 Å². The van der Waals surface area contributed by atoms with Gasteiger partial charge in [0, 0.05) is 0 Å². The molecule has 30 heavy (non-hydrogen) atoms. The van der Waals surface area contributed by atoms with Gasteiger partial charge in [0.2, 0.25) is 0 Å². The summed E-state index contributed by atoms with van der Waals surface area (Å²) in [6, 6.07) is 10.0. The van der Waals surface area contributed by atoms with Gasteiger partial charge < -0.3 is 0 Å². The van der Waals surface area contributed by atoms with Gasteiger partial charge in [-0.15, -0.1) is 0 Å². The Morgan fingerprint density at radius 1 is 0.700 bits per heavy atom. The molecule has 1 aliphatic rings. The Morgan fingerprint density at radius 2 is 1.27 bits per heavy atom. The minimum atomic E-state index is -1.41. The zero-order valence-electron chi connectivity index (χ0n) is 18.2. The second-order valence-corrected chi connectivity index (χ2v) is 9.00. The first-order valence-corrected chi connectivity index (χ1v) is 11.8. The maximum Gasteiger partial charge on any atom is 0.194 e. The van der Waals surface area contributed by atoms with Crippen LogP contribution in [0.1, 0.15) is 95.5 Å². The summed E-state index contributed by atoms with van der Waals surface area (Å²) in [6.45, 7) is 2.26. The third kappa shape index (κ3) is 6.36. The highest BCUT2D eigenvalue weighted by molar-refractivity contribution is 5.64. The zero-order valence-corrected chi connectivity index (χ0v) is 18.2. The molecule has 164 valence electrons. The van der Waals surface area contributed by atoms with Gasteiger partial charge in [0.1, 0.15) is 0 Å². The van der Waals surface area contributed by atoms with Crippen LogP contribution in [0.25, 0.3) is 11.1 Å². The van der Waals surface area contributed by atoms with Crippen molar-refractivity contribution in [3.8, 4) is 11.1 Å². The van der Waals surface area contributed by atoms with Crippen LogP contribution in [0.2, 0.25) is 0 Å². The highest BCUT2D eigenvalue weighted by atomic mass is 19.2. The van der Waals surface area contributed by atoms with Crippen molar-refractivity contribution in [2.24, 2.45) is 5.92 Å². The fraction of sp³-hybridized carbons (Fsp3) is 0.556. The van der Waals surface area contributed by atoms with Crippen molar-refractivity contribution in [3.63, 3.8) is 0 Å². The number of benzene rings is 2. The predicted molar refractivity (Wildman–Crippen MR) is 119 cm³/mol. The van der Waals surface area contributed by atoms with Gasteiger partial charge in [-0.2, -0.15) is 0 Å². The molecule has 0 nitrogen and oxygen atoms in total. The molecule has 3 rings (SSSR count). The smallest absolute Gasteiger partial charge is 0.194 e. The highest BCUT2D eigenvalue weighted by Gasteiger charge is 2.22. The van der Waals surface area contributed by atoms with Gasteiger partial charge in [0.05, 0.1) is 0 Å². The topological polar surface area (TPSA) is 0 Å². The van der Waals surface area contributed by atoms with Crippen LogP contribution in [0.15, 0.2) is 36.4 Å². The van der Waals surface area contributed by atoms with Crippen LogP contribution in [-0.2, 0) is 0 Å². The summed E-state index contributed by atoms with van der Waals surface area (Å²) in [5, 5.41) is 0. The Balaban J connectivity index is 1.44. The maximum atomic E-state index is 13.5. The average Bonchev–Trinajstić information content (AvgIpc) is 2.77. The predicted octanol–water partition coefficient (Wildman–Crippen LogP) is 9.19. The summed E-state index contributed by atoms with van der Waals surface area (Å²) in [4.78, 5) is 0. The molecule has 0 amide bonds. The van der Waals surface area contributed by atoms with Crippen molar-refractivity contribution in [1.29, 1.82) is 0 Å². The monoisotopic (exact) mass is 416 g/mol. The minimum absolute atomic E-state index is 0.372. The second kappa shape index (κ2) is 11.6. The van der Waals surface area contributed by atoms with E-state index in [0.717, 1.165) is 18.1 Å². The quantitative estimate of drug-likeness (QED) is 0.267. The Morgan fingerprint density at radius 3 is 1.87 bits per heavy atom. The van der Waals surface area contributed by atoms with E-state index in [4.69, 9.17) is 0 Å². The summed E-state index contributed by atoms with van der Waals surface area (Å²) >= 11 is 0. The van der Waals surface area contributed by atoms with Crippen molar-refractivity contribution < 1.29 is 13.2 Å². The largest absolute Gasteiger partial charge is 0.204 e. The van der Waals surface area contributed by atoms with Crippen molar-refractivity contribution in [1.82, 2.24) is 0 Å². The number of unbranched alkanes of at least 4 members (excludes halogenated alkanes) is 6. The maximum absolute atomic E-state index is 13.5. The van der Waals surface area contributed by atoms with Crippen LogP contribution in [0.3, 0.4) is 0 Å². The van der Waals surface area contributed by atoms with Crippen LogP contribution in [-0.4, -0.2) is 0 Å². The van der Waals surface area contributed by atoms with E-state index in [0.29, 0.717) is 17.0 Å². The SMILES string of the molecule is CCCCCCCCCC1CCC(c2ccc(-c3cc(F)c(F)c(F)c3)cc2)CC1. The lowest BCUT2D eigenvalue weighted by molar-refractivity contribution is 0.302. The molecule has 1 saturated carbocycles. The fourth-order valence-electron chi connectivity index (χ4n) is 4.84. The average molecular weight is 417 g/mol. The van der Waals surface area contributed by atoms with Crippen LogP contribution >= 0.6 is 0 Å². The highest BCUT2D eigenvalue weighted by Crippen LogP contribution is 2.38. The van der Waals surface area contributed by atoms with E-state index < -0.39 is 17.5 Å². The molecule has 2 aromatic carbocycles. The van der Waals surface area contributed by atoms with Crippen molar-refractivity contribution in [3.05, 3.63) is 59.4 Å². The summed E-state index contributed by atoms with van der Waals surface area (Å²) in [6.07, 6.45) is 16.1. The second-order valence-electron chi connectivity index (χ2n) is 9.00. The molecule has 0 N–H and O–H groups in total. The van der Waals surface area contributed by atoms with Crippen LogP contribution in [0.4, 0.5) is 13.2 Å². The van der Waals surface area contributed by atoms with E-state index in [2.05, 4.69) is 19.1 Å². The molecule has 0 bridgehead atoms. The molecule has 0 atom stereocenters. The van der Waals surface area contributed by atoms with Crippen LogP contribution in [0, 0.1) is 23.4 Å². The molecule has 1 aliphatic carbocycles. The summed E-state index contributed by atoms with van der Waals surface area (Å²) in [5.41, 5.74) is 2.39. The number of hydrogen-bond donors (Lipinski definition) is 0. The van der Waals surface area contributed by atoms with Crippen LogP contribution in [0.5, 0.6) is 0 Å². The van der Waals surface area contributed by atoms with Gasteiger partial charge in [-0.25, -0.2) is 13.2 Å². The summed E-state index contributed by atoms with van der Waals surface area (Å²) in [5.74, 6) is -2.25. The van der Waals surface area contributed by atoms with Gasteiger partial charge in [0.15, 0.2) is 17.5 Å². The third-order valence-electron chi connectivity index (χ3n) is 6.76. The van der Waals surface area contributed by atoms with Crippen molar-refractivity contribution >= 4 is 0 Å². The number of hydrogen-bond acceptors (Lipinski definition) is 0. The van der Waals surface area contributed by atoms with Gasteiger partial charge in [-0.05, 0) is 66.3 Å². The molecular formula is C27H35F3. The summed E-state index contributed by atoms with van der Waals surface area (Å²) in [7, 11) is 0. The molecule has 2 aromatic rings. The normalized spacial score (nSPS) is 19.2. The van der Waals surface area contributed by atoms with Gasteiger partial charge in [-0.3, -0.25) is 0 Å². The first kappa shape index (κ1) is 22.9.